The molecule has 9 nitrogen and oxygen atoms in total. The molecule has 2 aromatic rings. The van der Waals surface area contributed by atoms with Gasteiger partial charge in [-0.1, -0.05) is 18.2 Å². The van der Waals surface area contributed by atoms with E-state index >= 15 is 0 Å². The maximum Gasteiger partial charge on any atom is 0.225 e. The highest BCUT2D eigenvalue weighted by Crippen LogP contribution is 2.10. The summed E-state index contributed by atoms with van der Waals surface area (Å²) in [5, 5.41) is 6.43. The Balaban J connectivity index is 0.00000363. The zero-order valence-corrected chi connectivity index (χ0v) is 20.8. The highest BCUT2D eigenvalue weighted by atomic mass is 127. The highest BCUT2D eigenvalue weighted by molar-refractivity contribution is 14.0. The summed E-state index contributed by atoms with van der Waals surface area (Å²) in [4.78, 5) is 29.6. The third kappa shape index (κ3) is 8.48. The summed E-state index contributed by atoms with van der Waals surface area (Å²) in [5.41, 5.74) is 0. The van der Waals surface area contributed by atoms with Gasteiger partial charge in [-0.3, -0.25) is 9.79 Å². The molecule has 2 heterocycles. The van der Waals surface area contributed by atoms with Gasteiger partial charge >= 0.3 is 0 Å². The number of guanidine groups is 1. The zero-order valence-electron chi connectivity index (χ0n) is 18.4. The highest BCUT2D eigenvalue weighted by Gasteiger charge is 2.21. The van der Waals surface area contributed by atoms with Crippen molar-refractivity contribution in [3.8, 4) is 5.75 Å². The quantitative estimate of drug-likeness (QED) is 0.212. The molecule has 1 saturated heterocycles. The van der Waals surface area contributed by atoms with E-state index in [4.69, 9.17) is 4.74 Å². The average molecular weight is 553 g/mol. The first-order valence-corrected chi connectivity index (χ1v) is 10.8. The summed E-state index contributed by atoms with van der Waals surface area (Å²) in [6, 6.07) is 11.5. The van der Waals surface area contributed by atoms with Crippen LogP contribution < -0.4 is 20.3 Å². The minimum absolute atomic E-state index is 0. The summed E-state index contributed by atoms with van der Waals surface area (Å²) in [7, 11) is 0. The molecule has 3 rings (SSSR count). The number of carbonyl (C=O) groups excluding carboxylic acids is 1. The maximum absolute atomic E-state index is 12.5. The Kier molecular flexibility index (Phi) is 11.6. The lowest BCUT2D eigenvalue weighted by Gasteiger charge is -2.34. The third-order valence-corrected chi connectivity index (χ3v) is 4.81. The van der Waals surface area contributed by atoms with Crippen molar-refractivity contribution >= 4 is 41.8 Å². The number of nitrogens with zero attached hydrogens (tertiary/aromatic N) is 5. The Labute approximate surface area is 206 Å². The molecule has 1 amide bonds. The smallest absolute Gasteiger partial charge is 0.225 e. The predicted octanol–water partition coefficient (Wildman–Crippen LogP) is 1.77. The van der Waals surface area contributed by atoms with E-state index in [1.54, 1.807) is 18.5 Å². The van der Waals surface area contributed by atoms with Crippen molar-refractivity contribution in [2.45, 2.75) is 13.3 Å². The zero-order chi connectivity index (χ0) is 21.7. The van der Waals surface area contributed by atoms with Crippen LogP contribution in [0.2, 0.25) is 0 Å². The lowest BCUT2D eigenvalue weighted by molar-refractivity contribution is -0.131. The molecule has 0 aliphatic carbocycles. The number of halogens is 1. The van der Waals surface area contributed by atoms with Crippen molar-refractivity contribution in [1.82, 2.24) is 25.5 Å². The summed E-state index contributed by atoms with van der Waals surface area (Å²) in [6.07, 6.45) is 3.86. The number of amides is 1. The standard InChI is InChI=1S/C22H31N7O2.HI/c1-2-23-21(25-13-18-31-19-7-4-3-5-8-19)24-12-9-20(30)28-14-16-29(17-15-28)22-26-10-6-11-27-22;/h3-8,10-11H,2,9,12-18H2,1H3,(H2,23,24,25);1H. The molecule has 0 spiro atoms. The van der Waals surface area contributed by atoms with Gasteiger partial charge in [0, 0.05) is 51.5 Å². The van der Waals surface area contributed by atoms with Crippen LogP contribution in [-0.2, 0) is 4.79 Å². The molecule has 0 radical (unpaired) electrons. The summed E-state index contributed by atoms with van der Waals surface area (Å²) in [5.74, 6) is 2.38. The Hall–Kier alpha value is -2.63. The van der Waals surface area contributed by atoms with Crippen LogP contribution in [0.3, 0.4) is 0 Å². The molecule has 10 heteroatoms. The molecule has 1 aliphatic heterocycles. The summed E-state index contributed by atoms with van der Waals surface area (Å²) >= 11 is 0. The van der Waals surface area contributed by atoms with E-state index in [-0.39, 0.29) is 29.9 Å². The first kappa shape index (κ1) is 25.6. The number of hydrogen-bond donors (Lipinski definition) is 2. The van der Waals surface area contributed by atoms with Gasteiger partial charge in [0.25, 0.3) is 0 Å². The molecule has 2 N–H and O–H groups in total. The number of aromatic nitrogens is 2. The summed E-state index contributed by atoms with van der Waals surface area (Å²) < 4.78 is 5.68. The second-order valence-electron chi connectivity index (χ2n) is 7.02. The molecule has 0 unspecified atom stereocenters. The average Bonchev–Trinajstić information content (AvgIpc) is 2.83. The molecule has 1 aromatic carbocycles. The van der Waals surface area contributed by atoms with Gasteiger partial charge in [0.05, 0.1) is 13.1 Å². The van der Waals surface area contributed by atoms with Crippen LogP contribution in [-0.4, -0.2) is 79.2 Å². The van der Waals surface area contributed by atoms with E-state index in [0.29, 0.717) is 45.2 Å². The fourth-order valence-corrected chi connectivity index (χ4v) is 3.23. The number of piperazine rings is 1. The third-order valence-electron chi connectivity index (χ3n) is 4.81. The maximum atomic E-state index is 12.5. The van der Waals surface area contributed by atoms with E-state index < -0.39 is 0 Å². The van der Waals surface area contributed by atoms with Crippen LogP contribution in [0, 0.1) is 0 Å². The van der Waals surface area contributed by atoms with Crippen molar-refractivity contribution < 1.29 is 9.53 Å². The number of hydrogen-bond acceptors (Lipinski definition) is 6. The van der Waals surface area contributed by atoms with Crippen LogP contribution in [0.15, 0.2) is 53.8 Å². The van der Waals surface area contributed by atoms with E-state index in [2.05, 4.69) is 30.5 Å². The van der Waals surface area contributed by atoms with Crippen molar-refractivity contribution in [1.29, 1.82) is 0 Å². The van der Waals surface area contributed by atoms with Crippen LogP contribution in [0.1, 0.15) is 13.3 Å². The lowest BCUT2D eigenvalue weighted by atomic mass is 10.3. The van der Waals surface area contributed by atoms with Gasteiger partial charge in [-0.15, -0.1) is 24.0 Å². The van der Waals surface area contributed by atoms with Crippen LogP contribution in [0.4, 0.5) is 5.95 Å². The van der Waals surface area contributed by atoms with Gasteiger partial charge in [-0.25, -0.2) is 9.97 Å². The van der Waals surface area contributed by atoms with E-state index in [0.717, 1.165) is 31.3 Å². The van der Waals surface area contributed by atoms with E-state index in [1.165, 1.54) is 0 Å². The lowest BCUT2D eigenvalue weighted by Crippen LogP contribution is -2.49. The molecular formula is C22H32IN7O2. The second-order valence-corrected chi connectivity index (χ2v) is 7.02. The molecule has 32 heavy (non-hydrogen) atoms. The van der Waals surface area contributed by atoms with Gasteiger partial charge < -0.3 is 25.2 Å². The first-order valence-electron chi connectivity index (χ1n) is 10.8. The Morgan fingerprint density at radius 3 is 2.47 bits per heavy atom. The van der Waals surface area contributed by atoms with E-state index in [9.17, 15) is 4.79 Å². The van der Waals surface area contributed by atoms with Crippen molar-refractivity contribution in [2.75, 3.05) is 57.3 Å². The largest absolute Gasteiger partial charge is 0.492 e. The number of anilines is 1. The fraction of sp³-hybridized carbons (Fsp3) is 0.455. The molecule has 1 aliphatic rings. The topological polar surface area (TPSA) is 95.0 Å². The van der Waals surface area contributed by atoms with Crippen LogP contribution in [0.25, 0.3) is 0 Å². The Morgan fingerprint density at radius 1 is 1.06 bits per heavy atom. The first-order chi connectivity index (χ1) is 15.3. The minimum atomic E-state index is 0. The van der Waals surface area contributed by atoms with Crippen molar-refractivity contribution in [3.63, 3.8) is 0 Å². The van der Waals surface area contributed by atoms with Gasteiger partial charge in [0.1, 0.15) is 12.4 Å². The monoisotopic (exact) mass is 553 g/mol. The fourth-order valence-electron chi connectivity index (χ4n) is 3.23. The SMILES string of the molecule is CCNC(=NCCC(=O)N1CCN(c2ncccn2)CC1)NCCOc1ccccc1.I. The Bertz CT molecular complexity index is 816. The molecular weight excluding hydrogens is 521 g/mol. The van der Waals surface area contributed by atoms with Gasteiger partial charge in [-0.05, 0) is 25.1 Å². The van der Waals surface area contributed by atoms with Crippen molar-refractivity contribution in [3.05, 3.63) is 48.8 Å². The van der Waals surface area contributed by atoms with Crippen LogP contribution >= 0.6 is 24.0 Å². The number of rotatable bonds is 9. The van der Waals surface area contributed by atoms with Gasteiger partial charge in [0.15, 0.2) is 5.96 Å². The molecule has 0 saturated carbocycles. The number of para-hydroxylation sites is 1. The van der Waals surface area contributed by atoms with Gasteiger partial charge in [0.2, 0.25) is 11.9 Å². The number of carbonyl (C=O) groups is 1. The number of ether oxygens (including phenoxy) is 1. The number of nitrogens with one attached hydrogen (secondary N) is 2. The van der Waals surface area contributed by atoms with Crippen molar-refractivity contribution in [2.24, 2.45) is 4.99 Å². The number of benzene rings is 1. The second kappa shape index (κ2) is 14.4. The molecule has 174 valence electrons. The molecule has 1 aromatic heterocycles. The Morgan fingerprint density at radius 2 is 1.78 bits per heavy atom. The van der Waals surface area contributed by atoms with Crippen LogP contribution in [0.5, 0.6) is 5.75 Å². The van der Waals surface area contributed by atoms with E-state index in [1.807, 2.05) is 42.2 Å². The molecule has 0 atom stereocenters. The predicted molar refractivity (Wildman–Crippen MR) is 137 cm³/mol. The normalized spacial score (nSPS) is 13.8. The molecule has 0 bridgehead atoms. The van der Waals surface area contributed by atoms with Gasteiger partial charge in [-0.2, -0.15) is 0 Å². The number of aliphatic imine (C=N–C) groups is 1. The minimum Gasteiger partial charge on any atom is -0.492 e. The summed E-state index contributed by atoms with van der Waals surface area (Å²) in [6.45, 7) is 7.19. The molecule has 1 fully saturated rings.